The molecule has 1 N–H and O–H groups in total. The monoisotopic (exact) mass is 261 g/mol. The molecule has 1 aliphatic carbocycles. The zero-order chi connectivity index (χ0) is 13.9. The average Bonchev–Trinajstić information content (AvgIpc) is 2.37. The smallest absolute Gasteiger partial charge is 0.123 e. The van der Waals surface area contributed by atoms with Crippen LogP contribution in [0.2, 0.25) is 0 Å². The minimum absolute atomic E-state index is 0.343. The van der Waals surface area contributed by atoms with E-state index in [0.29, 0.717) is 17.5 Å². The Morgan fingerprint density at radius 3 is 2.74 bits per heavy atom. The lowest BCUT2D eigenvalue weighted by Gasteiger charge is -2.37. The fourth-order valence-electron chi connectivity index (χ4n) is 3.31. The molecule has 2 rings (SSSR count). The Labute approximate surface area is 117 Å². The highest BCUT2D eigenvalue weighted by Crippen LogP contribution is 2.36. The quantitative estimate of drug-likeness (QED) is 0.871. The van der Waals surface area contributed by atoms with Crippen molar-refractivity contribution in [2.45, 2.75) is 58.5 Å². The maximum absolute atomic E-state index is 5.46. The van der Waals surface area contributed by atoms with Crippen molar-refractivity contribution in [1.29, 1.82) is 0 Å². The average molecular weight is 261 g/mol. The van der Waals surface area contributed by atoms with Crippen LogP contribution >= 0.6 is 0 Å². The van der Waals surface area contributed by atoms with Crippen LogP contribution in [0, 0.1) is 5.41 Å². The molecule has 2 nitrogen and oxygen atoms in total. The topological polar surface area (TPSA) is 21.3 Å². The second kappa shape index (κ2) is 5.96. The van der Waals surface area contributed by atoms with Crippen molar-refractivity contribution in [3.8, 4) is 5.75 Å². The van der Waals surface area contributed by atoms with Crippen molar-refractivity contribution in [2.24, 2.45) is 5.41 Å². The SMILES string of the molecule is COc1ccccc1C(C)NC1CCCC(C)(C)C1. The summed E-state index contributed by atoms with van der Waals surface area (Å²) in [5.41, 5.74) is 1.74. The van der Waals surface area contributed by atoms with Crippen molar-refractivity contribution in [2.75, 3.05) is 7.11 Å². The zero-order valence-corrected chi connectivity index (χ0v) is 12.7. The molecule has 0 aromatic heterocycles. The summed E-state index contributed by atoms with van der Waals surface area (Å²) in [5, 5.41) is 3.79. The molecule has 1 aromatic rings. The van der Waals surface area contributed by atoms with Gasteiger partial charge >= 0.3 is 0 Å². The van der Waals surface area contributed by atoms with Gasteiger partial charge in [-0.3, -0.25) is 0 Å². The first-order chi connectivity index (χ1) is 9.02. The van der Waals surface area contributed by atoms with E-state index >= 15 is 0 Å². The maximum atomic E-state index is 5.46. The summed E-state index contributed by atoms with van der Waals surface area (Å²) in [4.78, 5) is 0. The Hall–Kier alpha value is -1.02. The molecule has 0 aliphatic heterocycles. The number of hydrogen-bond donors (Lipinski definition) is 1. The van der Waals surface area contributed by atoms with Crippen LogP contribution in [0.15, 0.2) is 24.3 Å². The first-order valence-electron chi connectivity index (χ1n) is 7.41. The van der Waals surface area contributed by atoms with Gasteiger partial charge in [0, 0.05) is 17.6 Å². The minimum atomic E-state index is 0.343. The molecule has 19 heavy (non-hydrogen) atoms. The van der Waals surface area contributed by atoms with Crippen LogP contribution in [0.5, 0.6) is 5.75 Å². The fraction of sp³-hybridized carbons (Fsp3) is 0.647. The van der Waals surface area contributed by atoms with Crippen molar-refractivity contribution in [3.63, 3.8) is 0 Å². The summed E-state index contributed by atoms with van der Waals surface area (Å²) >= 11 is 0. The second-order valence-corrected chi connectivity index (χ2v) is 6.59. The maximum Gasteiger partial charge on any atom is 0.123 e. The van der Waals surface area contributed by atoms with Crippen LogP contribution in [0.1, 0.15) is 58.1 Å². The Morgan fingerprint density at radius 1 is 1.32 bits per heavy atom. The third kappa shape index (κ3) is 3.73. The molecule has 0 spiro atoms. The van der Waals surface area contributed by atoms with Crippen LogP contribution in [-0.4, -0.2) is 13.2 Å². The predicted octanol–water partition coefficient (Wildman–Crippen LogP) is 4.31. The molecule has 1 aliphatic rings. The minimum Gasteiger partial charge on any atom is -0.496 e. The third-order valence-electron chi connectivity index (χ3n) is 4.30. The number of rotatable bonds is 4. The summed E-state index contributed by atoms with van der Waals surface area (Å²) in [6, 6.07) is 9.28. The molecular weight excluding hydrogens is 234 g/mol. The lowest BCUT2D eigenvalue weighted by atomic mass is 9.75. The molecule has 2 heteroatoms. The Balaban J connectivity index is 2.02. The predicted molar refractivity (Wildman–Crippen MR) is 80.6 cm³/mol. The van der Waals surface area contributed by atoms with E-state index in [0.717, 1.165) is 5.75 Å². The summed E-state index contributed by atoms with van der Waals surface area (Å²) in [7, 11) is 1.75. The number of ether oxygens (including phenoxy) is 1. The van der Waals surface area contributed by atoms with Crippen LogP contribution in [0.4, 0.5) is 0 Å². The molecule has 1 fully saturated rings. The number of benzene rings is 1. The molecular formula is C17H27NO. The number of para-hydroxylation sites is 1. The summed E-state index contributed by atoms with van der Waals surface area (Å²) in [5.74, 6) is 0.984. The zero-order valence-electron chi connectivity index (χ0n) is 12.7. The van der Waals surface area contributed by atoms with Crippen LogP contribution < -0.4 is 10.1 Å². The van der Waals surface area contributed by atoms with Crippen molar-refractivity contribution in [1.82, 2.24) is 5.32 Å². The molecule has 1 aromatic carbocycles. The van der Waals surface area contributed by atoms with Gasteiger partial charge in [0.15, 0.2) is 0 Å². The molecule has 0 bridgehead atoms. The standard InChI is InChI=1S/C17H27NO/c1-13(15-9-5-6-10-16(15)19-4)18-14-8-7-11-17(2,3)12-14/h5-6,9-10,13-14,18H,7-8,11-12H2,1-4H3. The van der Waals surface area contributed by atoms with E-state index < -0.39 is 0 Å². The van der Waals surface area contributed by atoms with E-state index in [-0.39, 0.29) is 0 Å². The first kappa shape index (κ1) is 14.4. The molecule has 0 radical (unpaired) electrons. The van der Waals surface area contributed by atoms with Crippen molar-refractivity contribution < 1.29 is 4.74 Å². The van der Waals surface area contributed by atoms with Gasteiger partial charge in [-0.1, -0.05) is 38.5 Å². The van der Waals surface area contributed by atoms with E-state index in [1.165, 1.54) is 31.2 Å². The summed E-state index contributed by atoms with van der Waals surface area (Å²) in [6.45, 7) is 7.00. The summed E-state index contributed by atoms with van der Waals surface area (Å²) in [6.07, 6.45) is 5.26. The number of hydrogen-bond acceptors (Lipinski definition) is 2. The van der Waals surface area contributed by atoms with Gasteiger partial charge < -0.3 is 10.1 Å². The second-order valence-electron chi connectivity index (χ2n) is 6.59. The van der Waals surface area contributed by atoms with Gasteiger partial charge in [-0.25, -0.2) is 0 Å². The molecule has 0 heterocycles. The molecule has 0 saturated heterocycles. The van der Waals surface area contributed by atoms with E-state index in [1.54, 1.807) is 7.11 Å². The van der Waals surface area contributed by atoms with Gasteiger partial charge in [0.2, 0.25) is 0 Å². The van der Waals surface area contributed by atoms with Gasteiger partial charge in [0.1, 0.15) is 5.75 Å². The normalized spacial score (nSPS) is 23.9. The molecule has 2 unspecified atom stereocenters. The third-order valence-corrected chi connectivity index (χ3v) is 4.30. The Kier molecular flexibility index (Phi) is 4.51. The van der Waals surface area contributed by atoms with Crippen molar-refractivity contribution in [3.05, 3.63) is 29.8 Å². The van der Waals surface area contributed by atoms with Gasteiger partial charge in [0.25, 0.3) is 0 Å². The largest absolute Gasteiger partial charge is 0.496 e. The van der Waals surface area contributed by atoms with Gasteiger partial charge in [0.05, 0.1) is 7.11 Å². The van der Waals surface area contributed by atoms with Gasteiger partial charge in [-0.05, 0) is 37.7 Å². The van der Waals surface area contributed by atoms with E-state index in [2.05, 4.69) is 38.2 Å². The lowest BCUT2D eigenvalue weighted by molar-refractivity contribution is 0.190. The van der Waals surface area contributed by atoms with Crippen molar-refractivity contribution >= 4 is 0 Å². The van der Waals surface area contributed by atoms with Crippen LogP contribution in [0.25, 0.3) is 0 Å². The number of nitrogens with one attached hydrogen (secondary N) is 1. The van der Waals surface area contributed by atoms with Gasteiger partial charge in [-0.15, -0.1) is 0 Å². The van der Waals surface area contributed by atoms with Crippen LogP contribution in [-0.2, 0) is 0 Å². The van der Waals surface area contributed by atoms with E-state index in [9.17, 15) is 0 Å². The van der Waals surface area contributed by atoms with Crippen LogP contribution in [0.3, 0.4) is 0 Å². The van der Waals surface area contributed by atoms with Gasteiger partial charge in [-0.2, -0.15) is 0 Å². The Morgan fingerprint density at radius 2 is 2.05 bits per heavy atom. The summed E-state index contributed by atoms with van der Waals surface area (Å²) < 4.78 is 5.46. The fourth-order valence-corrected chi connectivity index (χ4v) is 3.31. The van der Waals surface area contributed by atoms with E-state index in [1.807, 2.05) is 12.1 Å². The molecule has 2 atom stereocenters. The Bertz CT molecular complexity index is 413. The first-order valence-corrected chi connectivity index (χ1v) is 7.41. The highest BCUT2D eigenvalue weighted by Gasteiger charge is 2.28. The highest BCUT2D eigenvalue weighted by atomic mass is 16.5. The molecule has 0 amide bonds. The highest BCUT2D eigenvalue weighted by molar-refractivity contribution is 5.35. The van der Waals surface area contributed by atoms with E-state index in [4.69, 9.17) is 4.74 Å². The lowest BCUT2D eigenvalue weighted by Crippen LogP contribution is -2.38. The number of methoxy groups -OCH3 is 1. The molecule has 1 saturated carbocycles. The molecule has 106 valence electrons.